The van der Waals surface area contributed by atoms with Crippen molar-refractivity contribution in [1.82, 2.24) is 5.32 Å². The Labute approximate surface area is 181 Å². The molecule has 0 aliphatic carbocycles. The van der Waals surface area contributed by atoms with E-state index in [4.69, 9.17) is 9.05 Å². The lowest BCUT2D eigenvalue weighted by Gasteiger charge is -2.20. The van der Waals surface area contributed by atoms with Gasteiger partial charge in [-0.25, -0.2) is 4.79 Å². The van der Waals surface area contributed by atoms with Crippen molar-refractivity contribution in [1.29, 1.82) is 0 Å². The number of nitrogens with one attached hydrogen (secondary N) is 1. The van der Waals surface area contributed by atoms with Gasteiger partial charge in [0.1, 0.15) is 6.04 Å². The van der Waals surface area contributed by atoms with Gasteiger partial charge in [-0.05, 0) is 53.4 Å². The first-order valence-corrected chi connectivity index (χ1v) is 11.8. The zero-order valence-electron chi connectivity index (χ0n) is 19.4. The lowest BCUT2D eigenvalue weighted by molar-refractivity contribution is -0.144. The maximum Gasteiger partial charge on any atom is 0.332 e. The molecule has 0 unspecified atom stereocenters. The standard InChI is InChI=1S/C22H38NO6P/c1-17(2)10-8-11-18(3)12-9-13-19(4)14-15-21(24)23-20(22(25)27-5)16-30(26,28-6)29-7/h10,12,14,20H,8-9,11,13,15-16H2,1-7H3,(H,23,24)/b18-12+,19-14+/t20-/m0/s1. The Morgan fingerprint density at radius 2 is 1.43 bits per heavy atom. The molecule has 0 bridgehead atoms. The van der Waals surface area contributed by atoms with Gasteiger partial charge < -0.3 is 19.1 Å². The Bertz CT molecular complexity index is 684. The maximum atomic E-state index is 12.3. The molecule has 0 saturated heterocycles. The van der Waals surface area contributed by atoms with Crippen LogP contribution in [0, 0.1) is 0 Å². The lowest BCUT2D eigenvalue weighted by Crippen LogP contribution is -2.44. The first kappa shape index (κ1) is 28.3. The van der Waals surface area contributed by atoms with Gasteiger partial charge in [-0.15, -0.1) is 0 Å². The van der Waals surface area contributed by atoms with Crippen LogP contribution in [0.1, 0.15) is 59.8 Å². The molecule has 172 valence electrons. The molecule has 0 aromatic carbocycles. The monoisotopic (exact) mass is 443 g/mol. The topological polar surface area (TPSA) is 90.9 Å². The van der Waals surface area contributed by atoms with E-state index in [-0.39, 0.29) is 18.5 Å². The van der Waals surface area contributed by atoms with Crippen molar-refractivity contribution >= 4 is 19.5 Å². The van der Waals surface area contributed by atoms with Crippen molar-refractivity contribution in [2.24, 2.45) is 0 Å². The van der Waals surface area contributed by atoms with E-state index in [1.165, 1.54) is 32.5 Å². The predicted molar refractivity (Wildman–Crippen MR) is 120 cm³/mol. The van der Waals surface area contributed by atoms with E-state index in [0.717, 1.165) is 31.3 Å². The first-order valence-electron chi connectivity index (χ1n) is 10.1. The molecule has 0 saturated carbocycles. The number of hydrogen-bond donors (Lipinski definition) is 1. The largest absolute Gasteiger partial charge is 0.467 e. The maximum absolute atomic E-state index is 12.3. The average molecular weight is 444 g/mol. The quantitative estimate of drug-likeness (QED) is 0.232. The van der Waals surface area contributed by atoms with Crippen LogP contribution >= 0.6 is 7.60 Å². The normalized spacial score (nSPS) is 13.6. The summed E-state index contributed by atoms with van der Waals surface area (Å²) in [4.78, 5) is 24.2. The van der Waals surface area contributed by atoms with E-state index >= 15 is 0 Å². The minimum atomic E-state index is -3.48. The number of ether oxygens (including phenoxy) is 1. The van der Waals surface area contributed by atoms with Crippen molar-refractivity contribution in [3.8, 4) is 0 Å². The number of allylic oxidation sites excluding steroid dienone is 5. The van der Waals surface area contributed by atoms with Crippen LogP contribution in [-0.4, -0.2) is 45.4 Å². The Kier molecular flexibility index (Phi) is 14.3. The molecular formula is C22H38NO6P. The second-order valence-electron chi connectivity index (χ2n) is 7.47. The van der Waals surface area contributed by atoms with Gasteiger partial charge in [-0.3, -0.25) is 9.36 Å². The molecule has 30 heavy (non-hydrogen) atoms. The molecule has 0 fully saturated rings. The summed E-state index contributed by atoms with van der Waals surface area (Å²) in [6.45, 7) is 8.31. The molecule has 7 nitrogen and oxygen atoms in total. The second kappa shape index (κ2) is 15.2. The fraction of sp³-hybridized carbons (Fsp3) is 0.636. The average Bonchev–Trinajstić information content (AvgIpc) is 2.70. The van der Waals surface area contributed by atoms with E-state index in [9.17, 15) is 14.2 Å². The van der Waals surface area contributed by atoms with Crippen molar-refractivity contribution in [3.63, 3.8) is 0 Å². The highest BCUT2D eigenvalue weighted by atomic mass is 31.2. The fourth-order valence-electron chi connectivity index (χ4n) is 2.63. The highest BCUT2D eigenvalue weighted by Gasteiger charge is 2.32. The van der Waals surface area contributed by atoms with Gasteiger partial charge in [0.2, 0.25) is 5.91 Å². The van der Waals surface area contributed by atoms with E-state index < -0.39 is 19.6 Å². The van der Waals surface area contributed by atoms with Crippen LogP contribution in [0.5, 0.6) is 0 Å². The summed E-state index contributed by atoms with van der Waals surface area (Å²) in [5.74, 6) is -1.07. The molecule has 1 amide bonds. The third-order valence-corrected chi connectivity index (χ3v) is 6.47. The highest BCUT2D eigenvalue weighted by molar-refractivity contribution is 7.53. The van der Waals surface area contributed by atoms with E-state index in [1.54, 1.807) is 0 Å². The summed E-state index contributed by atoms with van der Waals surface area (Å²) >= 11 is 0. The number of hydrogen-bond acceptors (Lipinski definition) is 6. The first-order chi connectivity index (χ1) is 14.1. The van der Waals surface area contributed by atoms with Crippen LogP contribution in [0.15, 0.2) is 34.9 Å². The zero-order chi connectivity index (χ0) is 23.2. The van der Waals surface area contributed by atoms with Crippen molar-refractivity contribution in [2.45, 2.75) is 65.8 Å². The Balaban J connectivity index is 4.64. The third kappa shape index (κ3) is 12.8. The van der Waals surface area contributed by atoms with Gasteiger partial charge in [0.25, 0.3) is 0 Å². The van der Waals surface area contributed by atoms with E-state index in [0.29, 0.717) is 0 Å². The van der Waals surface area contributed by atoms with Gasteiger partial charge in [-0.2, -0.15) is 0 Å². The summed E-state index contributed by atoms with van der Waals surface area (Å²) < 4.78 is 26.6. The third-order valence-electron chi connectivity index (χ3n) is 4.54. The SMILES string of the molecule is COC(=O)[C@H](CP(=O)(OC)OC)NC(=O)C/C=C(\C)CC/C=C(\C)CCC=C(C)C. The summed E-state index contributed by atoms with van der Waals surface area (Å²) in [6.07, 6.45) is 10.0. The molecule has 0 aliphatic rings. The smallest absolute Gasteiger partial charge is 0.332 e. The number of carbonyl (C=O) groups excluding carboxylic acids is 2. The zero-order valence-corrected chi connectivity index (χ0v) is 20.3. The number of rotatable bonds is 14. The van der Waals surface area contributed by atoms with E-state index in [1.807, 2.05) is 13.0 Å². The molecular weight excluding hydrogens is 405 g/mol. The Hall–Kier alpha value is -1.69. The molecule has 1 N–H and O–H groups in total. The molecule has 1 atom stereocenters. The number of amides is 1. The van der Waals surface area contributed by atoms with Gasteiger partial charge in [0.15, 0.2) is 0 Å². The van der Waals surface area contributed by atoms with Gasteiger partial charge in [-0.1, -0.05) is 34.9 Å². The van der Waals surface area contributed by atoms with Crippen LogP contribution in [0.3, 0.4) is 0 Å². The fourth-order valence-corrected chi connectivity index (χ4v) is 3.76. The van der Waals surface area contributed by atoms with Crippen LogP contribution in [-0.2, 0) is 27.9 Å². The minimum Gasteiger partial charge on any atom is -0.467 e. The number of esters is 1. The van der Waals surface area contributed by atoms with Crippen LogP contribution in [0.4, 0.5) is 0 Å². The van der Waals surface area contributed by atoms with Crippen molar-refractivity contribution in [2.75, 3.05) is 27.5 Å². The molecule has 0 aromatic rings. The van der Waals surface area contributed by atoms with E-state index in [2.05, 4.69) is 43.0 Å². The molecule has 0 heterocycles. The van der Waals surface area contributed by atoms with Gasteiger partial charge in [0.05, 0.1) is 13.3 Å². The van der Waals surface area contributed by atoms with Crippen LogP contribution in [0.25, 0.3) is 0 Å². The molecule has 0 radical (unpaired) electrons. The number of carbonyl (C=O) groups is 2. The molecule has 8 heteroatoms. The van der Waals surface area contributed by atoms with Crippen molar-refractivity contribution < 1.29 is 27.9 Å². The molecule has 0 aromatic heterocycles. The Morgan fingerprint density at radius 1 is 0.900 bits per heavy atom. The molecule has 0 spiro atoms. The van der Waals surface area contributed by atoms with Crippen LogP contribution in [0.2, 0.25) is 0 Å². The molecule has 0 rings (SSSR count). The van der Waals surface area contributed by atoms with Gasteiger partial charge in [0, 0.05) is 20.6 Å². The summed E-state index contributed by atoms with van der Waals surface area (Å²) in [7, 11) is 0.175. The summed E-state index contributed by atoms with van der Waals surface area (Å²) in [5.41, 5.74) is 3.79. The second-order valence-corrected chi connectivity index (χ2v) is 9.78. The van der Waals surface area contributed by atoms with Crippen LogP contribution < -0.4 is 5.32 Å². The summed E-state index contributed by atoms with van der Waals surface area (Å²) in [5, 5.41) is 2.55. The molecule has 0 aliphatic heterocycles. The predicted octanol–water partition coefficient (Wildman–Crippen LogP) is 4.94. The van der Waals surface area contributed by atoms with Gasteiger partial charge >= 0.3 is 13.6 Å². The lowest BCUT2D eigenvalue weighted by atomic mass is 10.1. The highest BCUT2D eigenvalue weighted by Crippen LogP contribution is 2.46. The van der Waals surface area contributed by atoms with Crippen molar-refractivity contribution in [3.05, 3.63) is 34.9 Å². The minimum absolute atomic E-state index is 0.118. The summed E-state index contributed by atoms with van der Waals surface area (Å²) in [6, 6.07) is -1.10. The number of methoxy groups -OCH3 is 1. The Morgan fingerprint density at radius 3 is 1.93 bits per heavy atom.